The number of aryl methyl sites for hydroxylation is 1. The van der Waals surface area contributed by atoms with Crippen molar-refractivity contribution in [3.63, 3.8) is 0 Å². The Morgan fingerprint density at radius 3 is 3.00 bits per heavy atom. The highest BCUT2D eigenvalue weighted by Gasteiger charge is 2.05. The van der Waals surface area contributed by atoms with Crippen molar-refractivity contribution in [1.82, 2.24) is 9.78 Å². The Kier molecular flexibility index (Phi) is 4.48. The highest BCUT2D eigenvalue weighted by Crippen LogP contribution is 2.15. The fourth-order valence-electron chi connectivity index (χ4n) is 1.12. The van der Waals surface area contributed by atoms with Gasteiger partial charge in [-0.1, -0.05) is 0 Å². The number of hydrogen-bond donors (Lipinski definition) is 2. The summed E-state index contributed by atoms with van der Waals surface area (Å²) < 4.78 is 1.67. The molecule has 0 aliphatic carbocycles. The molecule has 1 rings (SSSR count). The lowest BCUT2D eigenvalue weighted by atomic mass is 10.3. The summed E-state index contributed by atoms with van der Waals surface area (Å²) in [6.45, 7) is 0.566. The number of nitrogens with two attached hydrogens (primary N) is 1. The number of anilines is 1. The SMILES string of the molecule is Cn1ncc(NCCCC(N)=O)c(Br)c1=O. The number of amides is 1. The minimum Gasteiger partial charge on any atom is -0.383 e. The zero-order valence-electron chi connectivity index (χ0n) is 8.86. The molecule has 7 heteroatoms. The largest absolute Gasteiger partial charge is 0.383 e. The van der Waals surface area contributed by atoms with Crippen LogP contribution in [0.15, 0.2) is 15.5 Å². The van der Waals surface area contributed by atoms with Gasteiger partial charge in [0, 0.05) is 20.0 Å². The van der Waals surface area contributed by atoms with E-state index in [9.17, 15) is 9.59 Å². The Hall–Kier alpha value is -1.37. The summed E-state index contributed by atoms with van der Waals surface area (Å²) in [5, 5.41) is 6.88. The fraction of sp³-hybridized carbons (Fsp3) is 0.444. The highest BCUT2D eigenvalue weighted by atomic mass is 79.9. The smallest absolute Gasteiger partial charge is 0.282 e. The first-order chi connectivity index (χ1) is 7.52. The van der Waals surface area contributed by atoms with Crippen molar-refractivity contribution in [1.29, 1.82) is 0 Å². The van der Waals surface area contributed by atoms with Gasteiger partial charge in [0.15, 0.2) is 0 Å². The second kappa shape index (κ2) is 5.64. The van der Waals surface area contributed by atoms with Crippen molar-refractivity contribution in [2.45, 2.75) is 12.8 Å². The maximum atomic E-state index is 11.5. The summed E-state index contributed by atoms with van der Waals surface area (Å²) in [5.74, 6) is -0.331. The maximum absolute atomic E-state index is 11.5. The number of nitrogens with one attached hydrogen (secondary N) is 1. The van der Waals surface area contributed by atoms with Gasteiger partial charge in [-0.25, -0.2) is 4.68 Å². The third-order valence-corrected chi connectivity index (χ3v) is 2.76. The van der Waals surface area contributed by atoms with Crippen LogP contribution < -0.4 is 16.6 Å². The number of nitrogens with zero attached hydrogens (tertiary/aromatic N) is 2. The molecule has 0 unspecified atom stereocenters. The first kappa shape index (κ1) is 12.7. The number of carbonyl (C=O) groups is 1. The molecule has 0 bridgehead atoms. The molecule has 0 saturated carbocycles. The second-order valence-electron chi connectivity index (χ2n) is 3.30. The topological polar surface area (TPSA) is 90.0 Å². The molecule has 0 saturated heterocycles. The predicted molar refractivity (Wildman–Crippen MR) is 64.1 cm³/mol. The third-order valence-electron chi connectivity index (χ3n) is 1.99. The van der Waals surface area contributed by atoms with E-state index in [4.69, 9.17) is 5.73 Å². The average molecular weight is 289 g/mol. The molecule has 0 fully saturated rings. The van der Waals surface area contributed by atoms with E-state index < -0.39 is 0 Å². The molecule has 1 aromatic heterocycles. The second-order valence-corrected chi connectivity index (χ2v) is 4.09. The van der Waals surface area contributed by atoms with E-state index in [-0.39, 0.29) is 11.5 Å². The lowest BCUT2D eigenvalue weighted by Gasteiger charge is -2.07. The standard InChI is InChI=1S/C9H13BrN4O2/c1-14-9(16)8(10)6(5-13-14)12-4-2-3-7(11)15/h5,12H,2-4H2,1H3,(H2,11,15). The van der Waals surface area contributed by atoms with E-state index in [0.717, 1.165) is 0 Å². The quantitative estimate of drug-likeness (QED) is 0.759. The van der Waals surface area contributed by atoms with E-state index in [1.54, 1.807) is 13.2 Å². The van der Waals surface area contributed by atoms with Crippen LogP contribution in [-0.2, 0) is 11.8 Å². The normalized spacial score (nSPS) is 10.1. The van der Waals surface area contributed by atoms with Crippen molar-refractivity contribution >= 4 is 27.5 Å². The predicted octanol–water partition coefficient (Wildman–Crippen LogP) is 0.220. The molecule has 1 heterocycles. The van der Waals surface area contributed by atoms with Crippen LogP contribution in [0.4, 0.5) is 5.69 Å². The van der Waals surface area contributed by atoms with Crippen LogP contribution in [0.25, 0.3) is 0 Å². The van der Waals surface area contributed by atoms with Gasteiger partial charge in [0.25, 0.3) is 5.56 Å². The summed E-state index contributed by atoms with van der Waals surface area (Å²) in [6, 6.07) is 0. The molecule has 0 radical (unpaired) electrons. The third kappa shape index (κ3) is 3.34. The number of hydrogen-bond acceptors (Lipinski definition) is 4. The first-order valence-electron chi connectivity index (χ1n) is 4.76. The van der Waals surface area contributed by atoms with E-state index in [0.29, 0.717) is 29.5 Å². The Morgan fingerprint density at radius 2 is 2.38 bits per heavy atom. The molecule has 0 spiro atoms. The molecule has 3 N–H and O–H groups in total. The van der Waals surface area contributed by atoms with Gasteiger partial charge in [-0.3, -0.25) is 9.59 Å². The van der Waals surface area contributed by atoms with Crippen LogP contribution in [0.3, 0.4) is 0 Å². The van der Waals surface area contributed by atoms with Crippen LogP contribution in [0, 0.1) is 0 Å². The van der Waals surface area contributed by atoms with Gasteiger partial charge >= 0.3 is 0 Å². The van der Waals surface area contributed by atoms with Crippen molar-refractivity contribution in [2.24, 2.45) is 12.8 Å². The molecule has 0 aliphatic rings. The molecule has 1 amide bonds. The molecule has 0 atom stereocenters. The van der Waals surface area contributed by atoms with E-state index >= 15 is 0 Å². The Morgan fingerprint density at radius 1 is 1.69 bits per heavy atom. The van der Waals surface area contributed by atoms with Gasteiger partial charge in [0.1, 0.15) is 4.47 Å². The number of aromatic nitrogens is 2. The molecule has 6 nitrogen and oxygen atoms in total. The molecular weight excluding hydrogens is 276 g/mol. The number of carbonyl (C=O) groups excluding carboxylic acids is 1. The lowest BCUT2D eigenvalue weighted by molar-refractivity contribution is -0.118. The van der Waals surface area contributed by atoms with Crippen LogP contribution >= 0.6 is 15.9 Å². The summed E-state index contributed by atoms with van der Waals surface area (Å²) in [7, 11) is 1.57. The minimum absolute atomic E-state index is 0.208. The molecule has 0 aliphatic heterocycles. The number of halogens is 1. The van der Waals surface area contributed by atoms with E-state index in [1.807, 2.05) is 0 Å². The van der Waals surface area contributed by atoms with Gasteiger partial charge < -0.3 is 11.1 Å². The van der Waals surface area contributed by atoms with Crippen molar-refractivity contribution in [2.75, 3.05) is 11.9 Å². The van der Waals surface area contributed by atoms with Crippen LogP contribution in [-0.4, -0.2) is 22.2 Å². The highest BCUT2D eigenvalue weighted by molar-refractivity contribution is 9.10. The van der Waals surface area contributed by atoms with Crippen molar-refractivity contribution in [3.05, 3.63) is 21.0 Å². The Bertz CT molecular complexity index is 444. The van der Waals surface area contributed by atoms with Gasteiger partial charge in [-0.05, 0) is 22.4 Å². The summed E-state index contributed by atoms with van der Waals surface area (Å²) in [4.78, 5) is 22.0. The van der Waals surface area contributed by atoms with Gasteiger partial charge in [-0.2, -0.15) is 5.10 Å². The summed E-state index contributed by atoms with van der Waals surface area (Å²) >= 11 is 3.18. The number of primary amides is 1. The van der Waals surface area contributed by atoms with Crippen LogP contribution in [0.1, 0.15) is 12.8 Å². The first-order valence-corrected chi connectivity index (χ1v) is 5.55. The van der Waals surface area contributed by atoms with Crippen LogP contribution in [0.5, 0.6) is 0 Å². The van der Waals surface area contributed by atoms with Crippen molar-refractivity contribution in [3.8, 4) is 0 Å². The molecule has 0 aromatic carbocycles. The van der Waals surface area contributed by atoms with E-state index in [2.05, 4.69) is 26.3 Å². The fourth-order valence-corrected chi connectivity index (χ4v) is 1.62. The van der Waals surface area contributed by atoms with Gasteiger partial charge in [-0.15, -0.1) is 0 Å². The minimum atomic E-state index is -0.331. The van der Waals surface area contributed by atoms with Crippen molar-refractivity contribution < 1.29 is 4.79 Å². The maximum Gasteiger partial charge on any atom is 0.282 e. The number of rotatable bonds is 5. The lowest BCUT2D eigenvalue weighted by Crippen LogP contribution is -2.21. The zero-order chi connectivity index (χ0) is 12.1. The monoisotopic (exact) mass is 288 g/mol. The summed E-state index contributed by atoms with van der Waals surface area (Å²) in [6.07, 6.45) is 2.50. The molecule has 88 valence electrons. The van der Waals surface area contributed by atoms with Gasteiger partial charge in [0.05, 0.1) is 11.9 Å². The van der Waals surface area contributed by atoms with E-state index in [1.165, 1.54) is 4.68 Å². The van der Waals surface area contributed by atoms with Gasteiger partial charge in [0.2, 0.25) is 5.91 Å². The van der Waals surface area contributed by atoms with Crippen LogP contribution in [0.2, 0.25) is 0 Å². The molecule has 16 heavy (non-hydrogen) atoms. The summed E-state index contributed by atoms with van der Waals surface area (Å²) in [5.41, 5.74) is 5.41. The Labute approximate surface area is 101 Å². The molecular formula is C9H13BrN4O2. The Balaban J connectivity index is 2.58. The zero-order valence-corrected chi connectivity index (χ0v) is 10.5. The molecule has 1 aromatic rings. The average Bonchev–Trinajstić information content (AvgIpc) is 2.23.